The molecule has 0 aliphatic rings. The molecule has 3 rings (SSSR count). The lowest BCUT2D eigenvalue weighted by molar-refractivity contribution is -0.384. The summed E-state index contributed by atoms with van der Waals surface area (Å²) in [6.07, 6.45) is 0. The number of carbonyl (C=O) groups excluding carboxylic acids is 1. The van der Waals surface area contributed by atoms with Crippen molar-refractivity contribution in [3.8, 4) is 5.69 Å². The van der Waals surface area contributed by atoms with E-state index in [4.69, 9.17) is 0 Å². The summed E-state index contributed by atoms with van der Waals surface area (Å²) in [6, 6.07) is 17.7. The van der Waals surface area contributed by atoms with Gasteiger partial charge in [-0.2, -0.15) is 0 Å². The van der Waals surface area contributed by atoms with Crippen molar-refractivity contribution < 1.29 is 9.72 Å². The van der Waals surface area contributed by atoms with Crippen molar-refractivity contribution >= 4 is 17.3 Å². The number of rotatable bonds is 4. The summed E-state index contributed by atoms with van der Waals surface area (Å²) >= 11 is 0. The van der Waals surface area contributed by atoms with Gasteiger partial charge in [-0.1, -0.05) is 39.0 Å². The number of amides is 1. The molecule has 0 aliphatic carbocycles. The second kappa shape index (κ2) is 7.31. The molecule has 0 saturated heterocycles. The van der Waals surface area contributed by atoms with Gasteiger partial charge in [-0.25, -0.2) is 0 Å². The summed E-state index contributed by atoms with van der Waals surface area (Å²) in [6.45, 7) is 8.25. The van der Waals surface area contributed by atoms with Crippen molar-refractivity contribution in [2.45, 2.75) is 33.1 Å². The molecule has 6 heteroatoms. The highest BCUT2D eigenvalue weighted by molar-refractivity contribution is 6.05. The molecular weight excluding hydrogens is 354 g/mol. The summed E-state index contributed by atoms with van der Waals surface area (Å²) in [7, 11) is 0. The van der Waals surface area contributed by atoms with Crippen molar-refractivity contribution in [2.24, 2.45) is 0 Å². The minimum absolute atomic E-state index is 0.0144. The summed E-state index contributed by atoms with van der Waals surface area (Å²) in [5.74, 6) is -0.244. The minimum atomic E-state index is -0.467. The molecule has 0 saturated carbocycles. The van der Waals surface area contributed by atoms with Crippen LogP contribution in [0.4, 0.5) is 11.4 Å². The third-order valence-electron chi connectivity index (χ3n) is 4.61. The first-order valence-electron chi connectivity index (χ1n) is 9.02. The molecule has 28 heavy (non-hydrogen) atoms. The Morgan fingerprint density at radius 1 is 1.04 bits per heavy atom. The second-order valence-corrected chi connectivity index (χ2v) is 7.71. The maximum atomic E-state index is 12.9. The van der Waals surface area contributed by atoms with Crippen LogP contribution >= 0.6 is 0 Å². The summed E-state index contributed by atoms with van der Waals surface area (Å²) in [5.41, 5.74) is 3.79. The van der Waals surface area contributed by atoms with Crippen LogP contribution in [0.2, 0.25) is 0 Å². The number of nitrogens with zero attached hydrogens (tertiary/aromatic N) is 2. The molecule has 1 heterocycles. The zero-order valence-corrected chi connectivity index (χ0v) is 16.4. The first kappa shape index (κ1) is 19.4. The lowest BCUT2D eigenvalue weighted by Gasteiger charge is -2.22. The Bertz CT molecular complexity index is 1010. The molecule has 0 atom stereocenters. The number of non-ortho nitro benzene ring substituents is 1. The van der Waals surface area contributed by atoms with Crippen LogP contribution < -0.4 is 5.32 Å². The normalized spacial score (nSPS) is 11.3. The van der Waals surface area contributed by atoms with Gasteiger partial charge in [0.2, 0.25) is 0 Å². The van der Waals surface area contributed by atoms with Gasteiger partial charge >= 0.3 is 0 Å². The van der Waals surface area contributed by atoms with Crippen LogP contribution in [0.1, 0.15) is 42.5 Å². The third-order valence-corrected chi connectivity index (χ3v) is 4.61. The van der Waals surface area contributed by atoms with E-state index in [2.05, 4.69) is 30.7 Å². The molecule has 0 aliphatic heterocycles. The molecule has 1 aromatic heterocycles. The van der Waals surface area contributed by atoms with E-state index >= 15 is 0 Å². The largest absolute Gasteiger partial charge is 0.322 e. The number of anilines is 1. The first-order chi connectivity index (χ1) is 13.2. The van der Waals surface area contributed by atoms with E-state index in [1.165, 1.54) is 24.3 Å². The van der Waals surface area contributed by atoms with Gasteiger partial charge in [-0.3, -0.25) is 14.9 Å². The van der Waals surface area contributed by atoms with E-state index in [-0.39, 0.29) is 17.0 Å². The number of benzene rings is 2. The monoisotopic (exact) mass is 377 g/mol. The molecule has 0 fully saturated rings. The Morgan fingerprint density at radius 3 is 2.18 bits per heavy atom. The standard InChI is InChI=1S/C22H23N3O3/c1-15-19(21(26)23-16-10-12-18(13-11-16)25(27)28)14-20(22(2,3)4)24(15)17-8-6-5-7-9-17/h5-14H,1-4H3,(H,23,26). The maximum Gasteiger partial charge on any atom is 0.269 e. The number of aromatic nitrogens is 1. The van der Waals surface area contributed by atoms with Crippen LogP contribution in [0, 0.1) is 17.0 Å². The molecule has 0 radical (unpaired) electrons. The molecule has 0 spiro atoms. The predicted octanol–water partition coefficient (Wildman–Crippen LogP) is 5.24. The quantitative estimate of drug-likeness (QED) is 0.499. The molecular formula is C22H23N3O3. The van der Waals surface area contributed by atoms with Gasteiger partial charge in [0, 0.05) is 40.3 Å². The Morgan fingerprint density at radius 2 is 1.64 bits per heavy atom. The molecule has 6 nitrogen and oxygen atoms in total. The SMILES string of the molecule is Cc1c(C(=O)Nc2ccc([N+](=O)[O-])cc2)cc(C(C)(C)C)n1-c1ccccc1. The smallest absolute Gasteiger partial charge is 0.269 e. The summed E-state index contributed by atoms with van der Waals surface area (Å²) in [5, 5.41) is 13.6. The number of nitrogens with one attached hydrogen (secondary N) is 1. The zero-order valence-electron chi connectivity index (χ0n) is 16.4. The van der Waals surface area contributed by atoms with Gasteiger partial charge < -0.3 is 9.88 Å². The Hall–Kier alpha value is -3.41. The van der Waals surface area contributed by atoms with Crippen molar-refractivity contribution in [3.05, 3.63) is 87.7 Å². The topological polar surface area (TPSA) is 77.2 Å². The summed E-state index contributed by atoms with van der Waals surface area (Å²) in [4.78, 5) is 23.2. The number of para-hydroxylation sites is 1. The average Bonchev–Trinajstić information content (AvgIpc) is 3.00. The fraction of sp³-hybridized carbons (Fsp3) is 0.227. The Labute approximate surface area is 164 Å². The van der Waals surface area contributed by atoms with Crippen molar-refractivity contribution in [1.82, 2.24) is 4.57 Å². The Kier molecular flexibility index (Phi) is 5.05. The number of nitro benzene ring substituents is 1. The van der Waals surface area contributed by atoms with E-state index in [9.17, 15) is 14.9 Å². The number of nitro groups is 1. The summed E-state index contributed by atoms with van der Waals surface area (Å²) < 4.78 is 2.10. The molecule has 1 N–H and O–H groups in total. The lowest BCUT2D eigenvalue weighted by Crippen LogP contribution is -2.17. The maximum absolute atomic E-state index is 12.9. The van der Waals surface area contributed by atoms with Crippen molar-refractivity contribution in [2.75, 3.05) is 5.32 Å². The van der Waals surface area contributed by atoms with Gasteiger partial charge in [-0.15, -0.1) is 0 Å². The van der Waals surface area contributed by atoms with Crippen LogP contribution in [0.5, 0.6) is 0 Å². The number of hydrogen-bond acceptors (Lipinski definition) is 3. The third kappa shape index (κ3) is 3.81. The van der Waals surface area contributed by atoms with E-state index in [0.29, 0.717) is 11.3 Å². The average molecular weight is 377 g/mol. The fourth-order valence-electron chi connectivity index (χ4n) is 3.16. The van der Waals surface area contributed by atoms with Crippen LogP contribution in [0.15, 0.2) is 60.7 Å². The number of hydrogen-bond donors (Lipinski definition) is 1. The van der Waals surface area contributed by atoms with Gasteiger partial charge in [-0.05, 0) is 37.3 Å². The molecule has 0 bridgehead atoms. The van der Waals surface area contributed by atoms with E-state index in [1.54, 1.807) is 0 Å². The van der Waals surface area contributed by atoms with Gasteiger partial charge in [0.1, 0.15) is 0 Å². The van der Waals surface area contributed by atoms with Gasteiger partial charge in [0.25, 0.3) is 11.6 Å². The highest BCUT2D eigenvalue weighted by Crippen LogP contribution is 2.31. The minimum Gasteiger partial charge on any atom is -0.322 e. The van der Waals surface area contributed by atoms with Crippen LogP contribution in [0.3, 0.4) is 0 Å². The van der Waals surface area contributed by atoms with Gasteiger partial charge in [0.05, 0.1) is 10.5 Å². The van der Waals surface area contributed by atoms with Gasteiger partial charge in [0.15, 0.2) is 0 Å². The number of carbonyl (C=O) groups is 1. The highest BCUT2D eigenvalue weighted by atomic mass is 16.6. The zero-order chi connectivity index (χ0) is 20.5. The van der Waals surface area contributed by atoms with Crippen LogP contribution in [-0.4, -0.2) is 15.4 Å². The second-order valence-electron chi connectivity index (χ2n) is 7.71. The molecule has 144 valence electrons. The van der Waals surface area contributed by atoms with Crippen LogP contribution in [0.25, 0.3) is 5.69 Å². The lowest BCUT2D eigenvalue weighted by atomic mass is 9.91. The fourth-order valence-corrected chi connectivity index (χ4v) is 3.16. The van der Waals surface area contributed by atoms with E-state index in [0.717, 1.165) is 17.1 Å². The first-order valence-corrected chi connectivity index (χ1v) is 9.02. The molecule has 3 aromatic rings. The predicted molar refractivity (Wildman–Crippen MR) is 110 cm³/mol. The van der Waals surface area contributed by atoms with E-state index < -0.39 is 4.92 Å². The highest BCUT2D eigenvalue weighted by Gasteiger charge is 2.25. The molecule has 0 unspecified atom stereocenters. The van der Waals surface area contributed by atoms with E-state index in [1.807, 2.05) is 43.3 Å². The Balaban J connectivity index is 1.99. The van der Waals surface area contributed by atoms with Crippen molar-refractivity contribution in [1.29, 1.82) is 0 Å². The van der Waals surface area contributed by atoms with Crippen molar-refractivity contribution in [3.63, 3.8) is 0 Å². The molecule has 2 aromatic carbocycles. The van der Waals surface area contributed by atoms with Crippen LogP contribution in [-0.2, 0) is 5.41 Å². The molecule has 1 amide bonds.